The largest absolute Gasteiger partial charge is 0.497 e. The zero-order valence-corrected chi connectivity index (χ0v) is 18.4. The van der Waals surface area contributed by atoms with Crippen LogP contribution in [0, 0.1) is 0 Å². The second-order valence-electron chi connectivity index (χ2n) is 7.32. The van der Waals surface area contributed by atoms with Crippen molar-refractivity contribution in [2.75, 3.05) is 7.11 Å². The number of hydrazone groups is 1. The Morgan fingerprint density at radius 3 is 2.61 bits per heavy atom. The van der Waals surface area contributed by atoms with E-state index < -0.39 is 0 Å². The first-order valence-corrected chi connectivity index (χ1v) is 11.1. The Hall–Kier alpha value is -3.16. The normalized spacial score (nSPS) is 19.8. The molecule has 2 aliphatic heterocycles. The molecule has 0 saturated carbocycles. The summed E-state index contributed by atoms with van der Waals surface area (Å²) in [4.78, 5) is 12.9. The quantitative estimate of drug-likeness (QED) is 0.417. The van der Waals surface area contributed by atoms with E-state index in [1.165, 1.54) is 10.8 Å². The molecular formula is C24H19N3O2S2. The highest BCUT2D eigenvalue weighted by molar-refractivity contribution is 8.19. The molecule has 5 rings (SSSR count). The lowest BCUT2D eigenvalue weighted by atomic mass is 9.97. The van der Waals surface area contributed by atoms with Crippen molar-refractivity contribution in [3.63, 3.8) is 0 Å². The minimum Gasteiger partial charge on any atom is -0.497 e. The molecule has 0 bridgehead atoms. The van der Waals surface area contributed by atoms with Gasteiger partial charge in [-0.15, -0.1) is 0 Å². The van der Waals surface area contributed by atoms with E-state index >= 15 is 0 Å². The SMILES string of the molecule is COc1ccc(C2CC(c3ccc4ccccc4c3)=NN2/C=C2\SC(=O)NC2=S)cc1. The predicted molar refractivity (Wildman–Crippen MR) is 129 cm³/mol. The van der Waals surface area contributed by atoms with E-state index in [9.17, 15) is 4.79 Å². The lowest BCUT2D eigenvalue weighted by Crippen LogP contribution is -2.18. The fraction of sp³-hybridized carbons (Fsp3) is 0.125. The highest BCUT2D eigenvalue weighted by atomic mass is 32.2. The van der Waals surface area contributed by atoms with Crippen molar-refractivity contribution in [2.24, 2.45) is 5.10 Å². The molecule has 1 amide bonds. The molecule has 0 aromatic heterocycles. The number of nitrogens with one attached hydrogen (secondary N) is 1. The van der Waals surface area contributed by atoms with Gasteiger partial charge in [0, 0.05) is 12.6 Å². The molecule has 1 N–H and O–H groups in total. The number of nitrogens with zero attached hydrogens (tertiary/aromatic N) is 2. The number of carbonyl (C=O) groups is 1. The molecule has 154 valence electrons. The van der Waals surface area contributed by atoms with Gasteiger partial charge >= 0.3 is 0 Å². The zero-order chi connectivity index (χ0) is 21.4. The van der Waals surface area contributed by atoms with Crippen LogP contribution in [0.25, 0.3) is 10.8 Å². The summed E-state index contributed by atoms with van der Waals surface area (Å²) in [6, 6.07) is 22.7. The number of carbonyl (C=O) groups excluding carboxylic acids is 1. The maximum absolute atomic E-state index is 11.7. The number of rotatable bonds is 4. The van der Waals surface area contributed by atoms with Crippen molar-refractivity contribution in [3.8, 4) is 5.75 Å². The van der Waals surface area contributed by atoms with Gasteiger partial charge in [0.25, 0.3) is 5.24 Å². The van der Waals surface area contributed by atoms with Crippen LogP contribution in [-0.2, 0) is 0 Å². The Labute approximate surface area is 189 Å². The fourth-order valence-electron chi connectivity index (χ4n) is 3.82. The van der Waals surface area contributed by atoms with Gasteiger partial charge in [0.2, 0.25) is 0 Å². The molecule has 1 fully saturated rings. The van der Waals surface area contributed by atoms with E-state index in [2.05, 4.69) is 47.8 Å². The van der Waals surface area contributed by atoms with E-state index in [4.69, 9.17) is 22.1 Å². The lowest BCUT2D eigenvalue weighted by molar-refractivity contribution is 0.265. The summed E-state index contributed by atoms with van der Waals surface area (Å²) in [5.41, 5.74) is 3.20. The summed E-state index contributed by atoms with van der Waals surface area (Å²) in [5, 5.41) is 11.7. The third-order valence-corrected chi connectivity index (χ3v) is 6.69. The smallest absolute Gasteiger partial charge is 0.289 e. The molecule has 0 aliphatic carbocycles. The van der Waals surface area contributed by atoms with Crippen LogP contribution in [0.3, 0.4) is 0 Å². The molecule has 31 heavy (non-hydrogen) atoms. The monoisotopic (exact) mass is 445 g/mol. The van der Waals surface area contributed by atoms with E-state index in [-0.39, 0.29) is 11.3 Å². The van der Waals surface area contributed by atoms with E-state index in [0.717, 1.165) is 40.8 Å². The highest BCUT2D eigenvalue weighted by Gasteiger charge is 2.30. The van der Waals surface area contributed by atoms with Crippen LogP contribution in [0.2, 0.25) is 0 Å². The molecule has 5 nitrogen and oxygen atoms in total. The molecule has 3 aromatic carbocycles. The number of methoxy groups -OCH3 is 1. The molecule has 1 atom stereocenters. The number of benzene rings is 3. The number of thioether (sulfide) groups is 1. The predicted octanol–water partition coefficient (Wildman–Crippen LogP) is 5.62. The topological polar surface area (TPSA) is 53.9 Å². The number of fused-ring (bicyclic) bond motifs is 1. The van der Waals surface area contributed by atoms with Crippen LogP contribution in [0.15, 0.2) is 82.9 Å². The Kier molecular flexibility index (Phi) is 5.21. The van der Waals surface area contributed by atoms with Gasteiger partial charge in [-0.1, -0.05) is 60.7 Å². The first-order valence-electron chi connectivity index (χ1n) is 9.84. The van der Waals surface area contributed by atoms with Crippen LogP contribution >= 0.6 is 24.0 Å². The van der Waals surface area contributed by atoms with Crippen molar-refractivity contribution < 1.29 is 9.53 Å². The Bertz CT molecular complexity index is 1250. The molecule has 1 unspecified atom stereocenters. The van der Waals surface area contributed by atoms with Crippen molar-refractivity contribution >= 4 is 50.7 Å². The van der Waals surface area contributed by atoms with Crippen LogP contribution in [0.5, 0.6) is 5.75 Å². The summed E-state index contributed by atoms with van der Waals surface area (Å²) >= 11 is 6.41. The molecule has 0 spiro atoms. The third kappa shape index (κ3) is 3.94. The Morgan fingerprint density at radius 2 is 1.90 bits per heavy atom. The number of thiocarbonyl (C=S) groups is 1. The molecule has 2 aliphatic rings. The fourth-order valence-corrected chi connectivity index (χ4v) is 4.81. The van der Waals surface area contributed by atoms with Crippen LogP contribution < -0.4 is 10.1 Å². The summed E-state index contributed by atoms with van der Waals surface area (Å²) in [5.74, 6) is 0.810. The molecule has 3 aromatic rings. The minimum atomic E-state index is -0.157. The first-order chi connectivity index (χ1) is 15.1. The van der Waals surface area contributed by atoms with Gasteiger partial charge in [-0.3, -0.25) is 9.80 Å². The van der Waals surface area contributed by atoms with E-state index in [0.29, 0.717) is 9.89 Å². The molecule has 7 heteroatoms. The van der Waals surface area contributed by atoms with Crippen LogP contribution in [-0.4, -0.2) is 28.1 Å². The maximum atomic E-state index is 11.7. The Balaban J connectivity index is 1.53. The maximum Gasteiger partial charge on any atom is 0.289 e. The molecular weight excluding hydrogens is 426 g/mol. The molecule has 0 radical (unpaired) electrons. The van der Waals surface area contributed by atoms with Crippen molar-refractivity contribution in [1.29, 1.82) is 0 Å². The van der Waals surface area contributed by atoms with Crippen molar-refractivity contribution in [1.82, 2.24) is 10.3 Å². The van der Waals surface area contributed by atoms with Gasteiger partial charge in [0.1, 0.15) is 10.7 Å². The average Bonchev–Trinajstić information content (AvgIpc) is 3.36. The lowest BCUT2D eigenvalue weighted by Gasteiger charge is -2.21. The van der Waals surface area contributed by atoms with Crippen LogP contribution in [0.1, 0.15) is 23.6 Å². The highest BCUT2D eigenvalue weighted by Crippen LogP contribution is 2.36. The van der Waals surface area contributed by atoms with Crippen LogP contribution in [0.4, 0.5) is 4.79 Å². The first kappa shape index (κ1) is 19.8. The van der Waals surface area contributed by atoms with Gasteiger partial charge < -0.3 is 10.1 Å². The van der Waals surface area contributed by atoms with E-state index in [1.807, 2.05) is 35.5 Å². The number of hydrogen-bond donors (Lipinski definition) is 1. The van der Waals surface area contributed by atoms with Gasteiger partial charge in [0.05, 0.1) is 23.8 Å². The number of ether oxygens (including phenoxy) is 1. The summed E-state index contributed by atoms with van der Waals surface area (Å²) in [6.45, 7) is 0. The number of hydrogen-bond acceptors (Lipinski definition) is 6. The van der Waals surface area contributed by atoms with E-state index in [1.54, 1.807) is 7.11 Å². The van der Waals surface area contributed by atoms with Gasteiger partial charge in [-0.05, 0) is 51.9 Å². The zero-order valence-electron chi connectivity index (χ0n) is 16.7. The summed E-state index contributed by atoms with van der Waals surface area (Å²) in [6.07, 6.45) is 2.61. The molecule has 2 heterocycles. The van der Waals surface area contributed by atoms with Crippen molar-refractivity contribution in [2.45, 2.75) is 12.5 Å². The summed E-state index contributed by atoms with van der Waals surface area (Å²) < 4.78 is 5.30. The standard InChI is InChI=1S/C24H19N3O2S2/c1-29-19-10-8-16(9-11-19)21-13-20(18-7-6-15-4-2-3-5-17(15)12-18)26-27(21)14-22-23(30)25-24(28)31-22/h2-12,14,21H,13H2,1H3,(H,25,28,30)/b22-14-. The third-order valence-electron chi connectivity index (χ3n) is 5.42. The minimum absolute atomic E-state index is 0.000946. The second kappa shape index (κ2) is 8.17. The van der Waals surface area contributed by atoms with Gasteiger partial charge in [0.15, 0.2) is 0 Å². The van der Waals surface area contributed by atoms with Crippen molar-refractivity contribution in [3.05, 3.63) is 89.0 Å². The van der Waals surface area contributed by atoms with Gasteiger partial charge in [-0.2, -0.15) is 5.10 Å². The average molecular weight is 446 g/mol. The second-order valence-corrected chi connectivity index (χ2v) is 8.74. The molecule has 1 saturated heterocycles. The summed E-state index contributed by atoms with van der Waals surface area (Å²) in [7, 11) is 1.66. The number of amides is 1. The van der Waals surface area contributed by atoms with Gasteiger partial charge in [-0.25, -0.2) is 0 Å². The Morgan fingerprint density at radius 1 is 1.13 bits per heavy atom.